The summed E-state index contributed by atoms with van der Waals surface area (Å²) in [7, 11) is 0. The first-order chi connectivity index (χ1) is 27.9. The molecule has 0 radical (unpaired) electrons. The summed E-state index contributed by atoms with van der Waals surface area (Å²) >= 11 is 13.6. The third-order valence-electron chi connectivity index (χ3n) is 10.8. The molecular formula is C45H51Cl2NO10. The quantitative estimate of drug-likeness (QED) is 0.0761. The molecule has 0 amide bonds. The first kappa shape index (κ1) is 44.5. The first-order valence-electron chi connectivity index (χ1n) is 19.6. The number of benzene rings is 4. The molecular weight excluding hydrogens is 785 g/mol. The van der Waals surface area contributed by atoms with Gasteiger partial charge >= 0.3 is 12.1 Å². The van der Waals surface area contributed by atoms with E-state index in [4.69, 9.17) is 51.7 Å². The predicted molar refractivity (Wildman–Crippen MR) is 220 cm³/mol. The first-order valence-corrected chi connectivity index (χ1v) is 20.3. The minimum absolute atomic E-state index is 0.126. The number of carbonyl (C=O) groups is 1. The Morgan fingerprint density at radius 2 is 1.31 bits per heavy atom. The van der Waals surface area contributed by atoms with E-state index < -0.39 is 18.1 Å². The Hall–Kier alpha value is -4.61. The van der Waals surface area contributed by atoms with Crippen molar-refractivity contribution in [3.63, 3.8) is 0 Å². The van der Waals surface area contributed by atoms with Gasteiger partial charge < -0.3 is 34.3 Å². The van der Waals surface area contributed by atoms with E-state index in [1.807, 2.05) is 32.9 Å². The van der Waals surface area contributed by atoms with Crippen LogP contribution in [0.1, 0.15) is 92.5 Å². The van der Waals surface area contributed by atoms with Gasteiger partial charge in [-0.15, -0.1) is 0 Å². The normalized spacial score (nSPS) is 16.8. The predicted octanol–water partition coefficient (Wildman–Crippen LogP) is 8.49. The van der Waals surface area contributed by atoms with Gasteiger partial charge in [0.1, 0.15) is 40.7 Å². The fraction of sp³-hybridized carbons (Fsp3) is 0.422. The number of hydrogen-bond donors (Lipinski definition) is 4. The van der Waals surface area contributed by atoms with Crippen LogP contribution in [0.4, 0.5) is 0 Å². The summed E-state index contributed by atoms with van der Waals surface area (Å²) < 4.78 is 25.2. The zero-order valence-corrected chi connectivity index (χ0v) is 34.8. The highest BCUT2D eigenvalue weighted by atomic mass is 35.5. The Balaban J connectivity index is 0.00000207. The highest BCUT2D eigenvalue weighted by Crippen LogP contribution is 2.47. The second kappa shape index (κ2) is 20.4. The van der Waals surface area contributed by atoms with Crippen molar-refractivity contribution in [3.8, 4) is 34.1 Å². The fourth-order valence-corrected chi connectivity index (χ4v) is 7.98. The number of carbonyl (C=O) groups excluding carboxylic acids is 2. The van der Waals surface area contributed by atoms with Crippen LogP contribution in [0.15, 0.2) is 60.7 Å². The molecule has 0 unspecified atom stereocenters. The molecule has 2 aliphatic rings. The Morgan fingerprint density at radius 1 is 0.828 bits per heavy atom. The van der Waals surface area contributed by atoms with Gasteiger partial charge in [-0.05, 0) is 116 Å². The molecule has 58 heavy (non-hydrogen) atoms. The van der Waals surface area contributed by atoms with Gasteiger partial charge in [-0.2, -0.15) is 9.59 Å². The standard InChI is InChI=1S/C44H51Cl2NO8.CO2/c1-5-52-39-21-41(35(45)19-27(39)14-13-26(3)24-48)54-37-17-15-31-29(9-7-11-33(31)37)30-10-8-12-34-32(30)16-18-38(34)55-42-22-40(53-6-2)28(20-36(42)46)23-47-44(4,25-49)43(50)51;2-1-3/h7-12,19-22,26,37-38,47-49H,5-6,13-18,23-25H2,1-4H3,(H,50,51);/t26-,37+,38+,44+;/m1./s1. The van der Waals surface area contributed by atoms with E-state index >= 15 is 0 Å². The third-order valence-corrected chi connectivity index (χ3v) is 11.4. The average Bonchev–Trinajstić information content (AvgIpc) is 3.83. The number of ether oxygens (including phenoxy) is 4. The number of halogens is 2. The molecule has 0 fully saturated rings. The lowest BCUT2D eigenvalue weighted by atomic mass is 9.91. The summed E-state index contributed by atoms with van der Waals surface area (Å²) in [6, 6.07) is 20.2. The van der Waals surface area contributed by atoms with Crippen molar-refractivity contribution in [3.05, 3.63) is 104 Å². The van der Waals surface area contributed by atoms with Gasteiger partial charge in [-0.3, -0.25) is 10.1 Å². The molecule has 11 nitrogen and oxygen atoms in total. The SMILES string of the molecule is CCOc1cc(O[C@H]2CCc3c(-c4cccc5c4CC[C@@H]5Oc4cc(OCC)c(CN[C@@](C)(CO)C(=O)O)cc4Cl)cccc32)c(Cl)cc1CC[C@@H](C)CO.O=C=O. The number of nitrogens with one attached hydrogen (secondary N) is 1. The zero-order chi connectivity index (χ0) is 42.0. The van der Waals surface area contributed by atoms with Crippen LogP contribution < -0.4 is 24.3 Å². The highest BCUT2D eigenvalue weighted by Gasteiger charge is 2.34. The minimum Gasteiger partial charge on any atom is -0.493 e. The van der Waals surface area contributed by atoms with E-state index in [0.717, 1.165) is 61.0 Å². The topological polar surface area (TPSA) is 161 Å². The Bertz CT molecular complexity index is 2100. The van der Waals surface area contributed by atoms with Crippen LogP contribution in [0.3, 0.4) is 0 Å². The molecule has 4 aromatic rings. The van der Waals surface area contributed by atoms with Gasteiger partial charge in [-0.1, -0.05) is 66.5 Å². The number of aryl methyl sites for hydroxylation is 1. The molecule has 2 aliphatic carbocycles. The molecule has 4 aromatic carbocycles. The van der Waals surface area contributed by atoms with E-state index in [0.29, 0.717) is 46.1 Å². The highest BCUT2D eigenvalue weighted by molar-refractivity contribution is 6.32. The van der Waals surface area contributed by atoms with Gasteiger partial charge in [0.25, 0.3) is 0 Å². The smallest absolute Gasteiger partial charge is 0.373 e. The number of aliphatic carboxylic acids is 1. The Morgan fingerprint density at radius 3 is 1.76 bits per heavy atom. The lowest BCUT2D eigenvalue weighted by Gasteiger charge is -2.25. The van der Waals surface area contributed by atoms with Crippen molar-refractivity contribution in [2.45, 2.75) is 90.5 Å². The van der Waals surface area contributed by atoms with Crippen molar-refractivity contribution in [2.75, 3.05) is 26.4 Å². The van der Waals surface area contributed by atoms with E-state index in [9.17, 15) is 20.1 Å². The molecule has 0 bridgehead atoms. The van der Waals surface area contributed by atoms with Crippen LogP contribution >= 0.6 is 23.2 Å². The van der Waals surface area contributed by atoms with Gasteiger partial charge in [0.2, 0.25) is 0 Å². The molecule has 0 spiro atoms. The van der Waals surface area contributed by atoms with Crippen LogP contribution in [0.5, 0.6) is 23.0 Å². The van der Waals surface area contributed by atoms with Gasteiger partial charge in [-0.25, -0.2) is 0 Å². The summed E-state index contributed by atoms with van der Waals surface area (Å²) in [6.07, 6.45) is 4.77. The summed E-state index contributed by atoms with van der Waals surface area (Å²) in [5, 5.41) is 32.6. The molecule has 0 aliphatic heterocycles. The van der Waals surface area contributed by atoms with Crippen LogP contribution in [-0.2, 0) is 40.2 Å². The van der Waals surface area contributed by atoms with E-state index in [2.05, 4.69) is 41.7 Å². The van der Waals surface area contributed by atoms with Crippen molar-refractivity contribution >= 4 is 35.3 Å². The largest absolute Gasteiger partial charge is 0.493 e. The molecule has 0 heterocycles. The lowest BCUT2D eigenvalue weighted by Crippen LogP contribution is -2.52. The Kier molecular flexibility index (Phi) is 15.6. The number of aliphatic hydroxyl groups is 2. The van der Waals surface area contributed by atoms with Crippen molar-refractivity contribution in [2.24, 2.45) is 5.92 Å². The average molecular weight is 837 g/mol. The van der Waals surface area contributed by atoms with E-state index in [-0.39, 0.29) is 37.4 Å². The fourth-order valence-electron chi connectivity index (χ4n) is 7.52. The maximum atomic E-state index is 11.7. The zero-order valence-electron chi connectivity index (χ0n) is 33.2. The summed E-state index contributed by atoms with van der Waals surface area (Å²) in [4.78, 5) is 28.0. The monoisotopic (exact) mass is 835 g/mol. The second-order valence-corrected chi connectivity index (χ2v) is 15.6. The van der Waals surface area contributed by atoms with Crippen molar-refractivity contribution in [1.29, 1.82) is 0 Å². The molecule has 310 valence electrons. The van der Waals surface area contributed by atoms with Crippen LogP contribution in [0.25, 0.3) is 11.1 Å². The van der Waals surface area contributed by atoms with Gasteiger partial charge in [0.15, 0.2) is 0 Å². The van der Waals surface area contributed by atoms with Gasteiger partial charge in [0.05, 0.1) is 29.9 Å². The molecule has 0 aromatic heterocycles. The molecule has 4 N–H and O–H groups in total. The number of aliphatic hydroxyl groups excluding tert-OH is 2. The summed E-state index contributed by atoms with van der Waals surface area (Å²) in [6.45, 7) is 7.91. The van der Waals surface area contributed by atoms with Gasteiger partial charge in [0, 0.05) is 30.8 Å². The molecule has 13 heteroatoms. The maximum Gasteiger partial charge on any atom is 0.373 e. The van der Waals surface area contributed by atoms with E-state index in [1.54, 1.807) is 12.1 Å². The minimum atomic E-state index is -1.52. The summed E-state index contributed by atoms with van der Waals surface area (Å²) in [5.41, 5.74) is 7.33. The number of hydrogen-bond acceptors (Lipinski definition) is 10. The Labute approximate surface area is 349 Å². The molecule has 0 saturated carbocycles. The third kappa shape index (κ3) is 10.1. The van der Waals surface area contributed by atoms with E-state index in [1.165, 1.54) is 29.2 Å². The van der Waals surface area contributed by atoms with Crippen molar-refractivity contribution in [1.82, 2.24) is 5.32 Å². The summed E-state index contributed by atoms with van der Waals surface area (Å²) in [5.74, 6) is 1.42. The molecule has 6 rings (SSSR count). The number of carboxylic acids is 1. The number of fused-ring (bicyclic) bond motifs is 2. The van der Waals surface area contributed by atoms with Crippen LogP contribution in [0.2, 0.25) is 10.0 Å². The molecule has 4 atom stereocenters. The van der Waals surface area contributed by atoms with Crippen molar-refractivity contribution < 1.29 is 48.7 Å². The van der Waals surface area contributed by atoms with Crippen LogP contribution in [-0.4, -0.2) is 59.4 Å². The number of rotatable bonds is 18. The van der Waals surface area contributed by atoms with Crippen LogP contribution in [0, 0.1) is 5.92 Å². The second-order valence-electron chi connectivity index (χ2n) is 14.7. The lowest BCUT2D eigenvalue weighted by molar-refractivity contribution is -0.191. The molecule has 0 saturated heterocycles. The number of carboxylic acid groups (broad SMARTS) is 1. The maximum absolute atomic E-state index is 11.7.